The number of para-hydroxylation sites is 1. The first-order valence-electron chi connectivity index (χ1n) is 7.80. The van der Waals surface area contributed by atoms with Gasteiger partial charge in [0, 0.05) is 12.2 Å². The second kappa shape index (κ2) is 8.98. The zero-order chi connectivity index (χ0) is 18.1. The second-order valence-electron chi connectivity index (χ2n) is 5.53. The Labute approximate surface area is 147 Å². The Morgan fingerprint density at radius 1 is 0.800 bits per heavy atom. The third-order valence-corrected chi connectivity index (χ3v) is 4.74. The lowest BCUT2D eigenvalue weighted by Gasteiger charge is -2.07. The number of hydrogen-bond donors (Lipinski definition) is 2. The number of sulfone groups is 1. The molecule has 0 atom stereocenters. The molecule has 25 heavy (non-hydrogen) atoms. The van der Waals surface area contributed by atoms with E-state index in [1.165, 1.54) is 0 Å². The Morgan fingerprint density at radius 3 is 2.00 bits per heavy atom. The maximum Gasteiger partial charge on any atom is 0.239 e. The van der Waals surface area contributed by atoms with Crippen LogP contribution in [0.1, 0.15) is 5.56 Å². The molecule has 0 bridgehead atoms. The molecule has 0 aliphatic heterocycles. The maximum atomic E-state index is 12.0. The second-order valence-corrected chi connectivity index (χ2v) is 7.60. The van der Waals surface area contributed by atoms with E-state index in [9.17, 15) is 18.0 Å². The van der Waals surface area contributed by atoms with E-state index in [-0.39, 0.29) is 0 Å². The minimum atomic E-state index is -3.82. The van der Waals surface area contributed by atoms with Gasteiger partial charge in [-0.05, 0) is 24.1 Å². The maximum absolute atomic E-state index is 12.0. The Bertz CT molecular complexity index is 805. The molecule has 0 spiro atoms. The summed E-state index contributed by atoms with van der Waals surface area (Å²) in [6.07, 6.45) is 0.612. The average Bonchev–Trinajstić information content (AvgIpc) is 2.55. The first-order chi connectivity index (χ1) is 11.9. The van der Waals surface area contributed by atoms with Gasteiger partial charge in [0.2, 0.25) is 11.8 Å². The van der Waals surface area contributed by atoms with Gasteiger partial charge < -0.3 is 10.6 Å². The summed E-state index contributed by atoms with van der Waals surface area (Å²) < 4.78 is 23.9. The van der Waals surface area contributed by atoms with Crippen molar-refractivity contribution in [1.29, 1.82) is 0 Å². The molecular weight excluding hydrogens is 340 g/mol. The largest absolute Gasteiger partial charge is 0.355 e. The number of nitrogens with one attached hydrogen (secondary N) is 2. The molecule has 0 saturated carbocycles. The monoisotopic (exact) mass is 360 g/mol. The molecule has 132 valence electrons. The summed E-state index contributed by atoms with van der Waals surface area (Å²) >= 11 is 0. The first kappa shape index (κ1) is 18.7. The number of carbonyl (C=O) groups excluding carboxylic acids is 2. The van der Waals surface area contributed by atoms with Crippen LogP contribution in [0.25, 0.3) is 0 Å². The van der Waals surface area contributed by atoms with E-state index in [4.69, 9.17) is 0 Å². The highest BCUT2D eigenvalue weighted by Gasteiger charge is 2.20. The molecule has 2 aromatic carbocycles. The number of benzene rings is 2. The fourth-order valence-corrected chi connectivity index (χ4v) is 3.29. The van der Waals surface area contributed by atoms with Crippen LogP contribution in [0.2, 0.25) is 0 Å². The topological polar surface area (TPSA) is 92.3 Å². The molecule has 0 aromatic heterocycles. The molecule has 2 amide bonds. The summed E-state index contributed by atoms with van der Waals surface area (Å²) in [5.74, 6) is -2.70. The smallest absolute Gasteiger partial charge is 0.239 e. The number of hydrogen-bond acceptors (Lipinski definition) is 4. The molecule has 0 fully saturated rings. The first-order valence-corrected chi connectivity index (χ1v) is 9.63. The van der Waals surface area contributed by atoms with Gasteiger partial charge in [0.05, 0.1) is 0 Å². The fourth-order valence-electron chi connectivity index (χ4n) is 2.21. The van der Waals surface area contributed by atoms with Crippen LogP contribution in [0.5, 0.6) is 0 Å². The van der Waals surface area contributed by atoms with E-state index in [1.54, 1.807) is 30.3 Å². The van der Waals surface area contributed by atoms with Crippen LogP contribution in [-0.4, -0.2) is 38.3 Å². The van der Waals surface area contributed by atoms with Gasteiger partial charge in [-0.3, -0.25) is 9.59 Å². The standard InChI is InChI=1S/C18H20N2O4S/c21-17(19-12-11-15-7-3-1-4-8-15)13-25(23,24)14-18(22)20-16-9-5-2-6-10-16/h1-10H,11-14H2,(H,19,21)(H,20,22). The van der Waals surface area contributed by atoms with Gasteiger partial charge in [-0.2, -0.15) is 0 Å². The molecule has 7 heteroatoms. The molecule has 2 N–H and O–H groups in total. The van der Waals surface area contributed by atoms with E-state index < -0.39 is 33.2 Å². The summed E-state index contributed by atoms with van der Waals surface area (Å²) in [5, 5.41) is 5.05. The molecule has 6 nitrogen and oxygen atoms in total. The third-order valence-electron chi connectivity index (χ3n) is 3.34. The molecule has 0 saturated heterocycles. The summed E-state index contributed by atoms with van der Waals surface area (Å²) in [6.45, 7) is 0.342. The molecule has 0 unspecified atom stereocenters. The van der Waals surface area contributed by atoms with Crippen LogP contribution < -0.4 is 10.6 Å². The van der Waals surface area contributed by atoms with Gasteiger partial charge in [-0.25, -0.2) is 8.42 Å². The van der Waals surface area contributed by atoms with Crippen LogP contribution in [0.3, 0.4) is 0 Å². The van der Waals surface area contributed by atoms with E-state index in [0.29, 0.717) is 18.7 Å². The van der Waals surface area contributed by atoms with Crippen molar-refractivity contribution in [3.05, 3.63) is 66.2 Å². The average molecular weight is 360 g/mol. The Kier molecular flexibility index (Phi) is 6.71. The van der Waals surface area contributed by atoms with Crippen molar-refractivity contribution in [2.45, 2.75) is 6.42 Å². The van der Waals surface area contributed by atoms with Crippen molar-refractivity contribution < 1.29 is 18.0 Å². The lowest BCUT2D eigenvalue weighted by molar-refractivity contribution is -0.118. The summed E-state index contributed by atoms with van der Waals surface area (Å²) in [4.78, 5) is 23.6. The highest BCUT2D eigenvalue weighted by Crippen LogP contribution is 2.05. The Morgan fingerprint density at radius 2 is 1.36 bits per heavy atom. The number of amides is 2. The van der Waals surface area contributed by atoms with Gasteiger partial charge in [-0.1, -0.05) is 48.5 Å². The zero-order valence-electron chi connectivity index (χ0n) is 13.6. The number of anilines is 1. The predicted octanol–water partition coefficient (Wildman–Crippen LogP) is 1.40. The van der Waals surface area contributed by atoms with Crippen LogP contribution >= 0.6 is 0 Å². The molecular formula is C18H20N2O4S. The normalized spacial score (nSPS) is 10.9. The number of carbonyl (C=O) groups is 2. The SMILES string of the molecule is O=C(CS(=O)(=O)CC(=O)Nc1ccccc1)NCCc1ccccc1. The van der Waals surface area contributed by atoms with E-state index in [0.717, 1.165) is 5.56 Å². The van der Waals surface area contributed by atoms with Gasteiger partial charge >= 0.3 is 0 Å². The molecule has 0 heterocycles. The van der Waals surface area contributed by atoms with Crippen molar-refractivity contribution in [1.82, 2.24) is 5.32 Å². The van der Waals surface area contributed by atoms with Crippen molar-refractivity contribution >= 4 is 27.3 Å². The van der Waals surface area contributed by atoms with Crippen LogP contribution in [0, 0.1) is 0 Å². The highest BCUT2D eigenvalue weighted by atomic mass is 32.2. The van der Waals surface area contributed by atoms with Crippen molar-refractivity contribution in [3.63, 3.8) is 0 Å². The Hall–Kier alpha value is -2.67. The molecule has 0 radical (unpaired) electrons. The third kappa shape index (κ3) is 7.17. The summed E-state index contributed by atoms with van der Waals surface area (Å²) in [7, 11) is -3.82. The zero-order valence-corrected chi connectivity index (χ0v) is 14.5. The highest BCUT2D eigenvalue weighted by molar-refractivity contribution is 7.92. The minimum absolute atomic E-state index is 0.342. The van der Waals surface area contributed by atoms with Crippen molar-refractivity contribution in [2.75, 3.05) is 23.4 Å². The summed E-state index contributed by atoms with van der Waals surface area (Å²) in [6, 6.07) is 18.1. The van der Waals surface area contributed by atoms with E-state index in [2.05, 4.69) is 10.6 Å². The van der Waals surface area contributed by atoms with E-state index >= 15 is 0 Å². The fraction of sp³-hybridized carbons (Fsp3) is 0.222. The van der Waals surface area contributed by atoms with Crippen LogP contribution in [0.15, 0.2) is 60.7 Å². The van der Waals surface area contributed by atoms with Gasteiger partial charge in [0.1, 0.15) is 11.5 Å². The molecule has 2 rings (SSSR count). The molecule has 0 aliphatic carbocycles. The quantitative estimate of drug-likeness (QED) is 0.744. The van der Waals surface area contributed by atoms with Crippen molar-refractivity contribution in [3.8, 4) is 0 Å². The minimum Gasteiger partial charge on any atom is -0.355 e. The molecule has 2 aromatic rings. The Balaban J connectivity index is 1.75. The summed E-state index contributed by atoms with van der Waals surface area (Å²) in [5.41, 5.74) is 1.56. The lowest BCUT2D eigenvalue weighted by Crippen LogP contribution is -2.35. The van der Waals surface area contributed by atoms with Crippen molar-refractivity contribution in [2.24, 2.45) is 0 Å². The van der Waals surface area contributed by atoms with Gasteiger partial charge in [-0.15, -0.1) is 0 Å². The van der Waals surface area contributed by atoms with Gasteiger partial charge in [0.25, 0.3) is 0 Å². The lowest BCUT2D eigenvalue weighted by atomic mass is 10.1. The molecule has 0 aliphatic rings. The number of rotatable bonds is 8. The van der Waals surface area contributed by atoms with Crippen LogP contribution in [-0.2, 0) is 25.8 Å². The van der Waals surface area contributed by atoms with Gasteiger partial charge in [0.15, 0.2) is 9.84 Å². The predicted molar refractivity (Wildman–Crippen MR) is 96.9 cm³/mol. The van der Waals surface area contributed by atoms with E-state index in [1.807, 2.05) is 30.3 Å². The van der Waals surface area contributed by atoms with Crippen LogP contribution in [0.4, 0.5) is 5.69 Å².